The molecule has 2 heterocycles. The molecule has 0 unspecified atom stereocenters. The van der Waals surface area contributed by atoms with Gasteiger partial charge in [-0.3, -0.25) is 14.8 Å². The van der Waals surface area contributed by atoms with Gasteiger partial charge in [0.2, 0.25) is 5.91 Å². The van der Waals surface area contributed by atoms with Crippen LogP contribution in [0.4, 0.5) is 34.1 Å². The molecule has 0 fully saturated rings. The van der Waals surface area contributed by atoms with Gasteiger partial charge in [0.15, 0.2) is 0 Å². The molecule has 11 heteroatoms. The number of nitrogens with one attached hydrogen (secondary N) is 3. The van der Waals surface area contributed by atoms with Gasteiger partial charge >= 0.3 is 0 Å². The fraction of sp³-hybridized carbons (Fsp3) is 0.0789. The molecular weight excluding hydrogens is 612 g/mol. The molecule has 0 atom stereocenters. The number of aryl methyl sites for hydroxylation is 2. The van der Waals surface area contributed by atoms with Crippen LogP contribution >= 0.6 is 0 Å². The number of hydrogen-bond acceptors (Lipinski definition) is 10. The Bertz CT molecular complexity index is 2440. The van der Waals surface area contributed by atoms with E-state index in [-0.39, 0.29) is 5.91 Å². The van der Waals surface area contributed by atoms with Crippen LogP contribution in [0.25, 0.3) is 21.8 Å². The number of hydrogen-bond donors (Lipinski definition) is 4. The molecule has 0 saturated heterocycles. The van der Waals surface area contributed by atoms with Crippen molar-refractivity contribution >= 4 is 61.8 Å². The van der Waals surface area contributed by atoms with Gasteiger partial charge in [0.1, 0.15) is 12.1 Å². The van der Waals surface area contributed by atoms with Gasteiger partial charge in [-0.1, -0.05) is 12.1 Å². The fourth-order valence-electron chi connectivity index (χ4n) is 5.09. The van der Waals surface area contributed by atoms with Crippen LogP contribution in [0.5, 0.6) is 0 Å². The maximum Gasteiger partial charge on any atom is 0.221 e. The van der Waals surface area contributed by atoms with Crippen molar-refractivity contribution in [2.75, 3.05) is 21.7 Å². The fourth-order valence-corrected chi connectivity index (χ4v) is 5.09. The lowest BCUT2D eigenvalue weighted by Gasteiger charge is -2.14. The van der Waals surface area contributed by atoms with Crippen LogP contribution in [-0.4, -0.2) is 15.9 Å². The highest BCUT2D eigenvalue weighted by Crippen LogP contribution is 2.33. The van der Waals surface area contributed by atoms with Gasteiger partial charge < -0.3 is 21.7 Å². The van der Waals surface area contributed by atoms with Crippen molar-refractivity contribution in [3.05, 3.63) is 119 Å². The number of anilines is 6. The number of pyridine rings is 2. The number of rotatable bonds is 5. The largest absolute Gasteiger partial charge is 0.398 e. The second-order valence-corrected chi connectivity index (χ2v) is 11.0. The quantitative estimate of drug-likeness (QED) is 0.136. The van der Waals surface area contributed by atoms with E-state index in [9.17, 15) is 15.3 Å². The van der Waals surface area contributed by atoms with Gasteiger partial charge in [-0.25, -0.2) is 0 Å². The lowest BCUT2D eigenvalue weighted by Crippen LogP contribution is -2.07. The third-order valence-electron chi connectivity index (χ3n) is 7.54. The van der Waals surface area contributed by atoms with E-state index in [1.54, 1.807) is 42.5 Å². The molecule has 1 amide bonds. The Labute approximate surface area is 282 Å². The molecule has 0 spiro atoms. The van der Waals surface area contributed by atoms with E-state index in [2.05, 4.69) is 50.2 Å². The third kappa shape index (κ3) is 7.34. The number of carbonyl (C=O) groups excluding carboxylic acids is 1. The number of aromatic nitrogens is 2. The summed E-state index contributed by atoms with van der Waals surface area (Å²) in [4.78, 5) is 20.1. The molecule has 0 aliphatic heterocycles. The number of carbonyl (C=O) groups is 1. The van der Waals surface area contributed by atoms with Crippen LogP contribution in [0, 0.1) is 59.2 Å². The Kier molecular flexibility index (Phi) is 9.61. The SMILES string of the molecule is CC(=O)Nc1cc2c(Nc3cccc(C#N)c3)c(C#N)cnc2cc1C.Cc1cc2ncc(C#N)c(Nc3cccc(C#N)c3)c2cc1N. The molecule has 11 nitrogen and oxygen atoms in total. The Hall–Kier alpha value is -7.47. The number of nitrogen functional groups attached to an aromatic ring is 1. The average molecular weight is 641 g/mol. The zero-order valence-corrected chi connectivity index (χ0v) is 26.8. The van der Waals surface area contributed by atoms with Crippen molar-refractivity contribution in [3.8, 4) is 24.3 Å². The van der Waals surface area contributed by atoms with Crippen LogP contribution in [0.3, 0.4) is 0 Å². The van der Waals surface area contributed by atoms with Crippen molar-refractivity contribution < 1.29 is 4.79 Å². The summed E-state index contributed by atoms with van der Waals surface area (Å²) in [5, 5.41) is 47.6. The van der Waals surface area contributed by atoms with Gasteiger partial charge in [0.05, 0.1) is 56.8 Å². The Morgan fingerprint density at radius 1 is 0.673 bits per heavy atom. The van der Waals surface area contributed by atoms with Crippen LogP contribution in [0.1, 0.15) is 40.3 Å². The van der Waals surface area contributed by atoms with Crippen molar-refractivity contribution in [2.24, 2.45) is 0 Å². The van der Waals surface area contributed by atoms with Crippen molar-refractivity contribution in [1.29, 1.82) is 21.0 Å². The van der Waals surface area contributed by atoms with Crippen LogP contribution in [0.15, 0.2) is 85.2 Å². The molecule has 236 valence electrons. The van der Waals surface area contributed by atoms with Crippen molar-refractivity contribution in [1.82, 2.24) is 9.97 Å². The standard InChI is InChI=1S/C20H15N5O.C18H13N5/c1-12-6-19-17(8-18(12)24-13(2)26)20(15(10-22)11-23-19)25-16-5-3-4-14(7-16)9-21;1-11-5-17-15(7-16(11)21)18(13(9-20)10-22-17)23-14-4-2-3-12(6-14)8-19/h3-8,11H,1-2H3,(H,23,25)(H,24,26);2-7,10H,21H2,1H3,(H,22,23). The first kappa shape index (κ1) is 32.9. The lowest BCUT2D eigenvalue weighted by molar-refractivity contribution is -0.114. The van der Waals surface area contributed by atoms with Gasteiger partial charge in [-0.15, -0.1) is 0 Å². The Morgan fingerprint density at radius 2 is 1.16 bits per heavy atom. The highest BCUT2D eigenvalue weighted by Gasteiger charge is 2.14. The molecule has 0 saturated carbocycles. The van der Waals surface area contributed by atoms with Gasteiger partial charge in [0, 0.05) is 52.8 Å². The number of amides is 1. The summed E-state index contributed by atoms with van der Waals surface area (Å²) in [6, 6.07) is 29.9. The zero-order valence-electron chi connectivity index (χ0n) is 26.8. The predicted octanol–water partition coefficient (Wildman–Crippen LogP) is 7.60. The molecule has 0 aliphatic carbocycles. The summed E-state index contributed by atoms with van der Waals surface area (Å²) in [6.07, 6.45) is 3.05. The highest BCUT2D eigenvalue weighted by molar-refractivity contribution is 6.01. The van der Waals surface area contributed by atoms with Gasteiger partial charge in [-0.05, 0) is 85.6 Å². The lowest BCUT2D eigenvalue weighted by atomic mass is 10.1. The summed E-state index contributed by atoms with van der Waals surface area (Å²) in [7, 11) is 0. The summed E-state index contributed by atoms with van der Waals surface area (Å²) in [6.45, 7) is 5.24. The maximum absolute atomic E-state index is 11.4. The van der Waals surface area contributed by atoms with Gasteiger partial charge in [0.25, 0.3) is 0 Å². The van der Waals surface area contributed by atoms with Crippen LogP contribution < -0.4 is 21.7 Å². The first-order chi connectivity index (χ1) is 23.6. The van der Waals surface area contributed by atoms with E-state index in [0.29, 0.717) is 61.6 Å². The minimum Gasteiger partial charge on any atom is -0.398 e. The molecule has 0 aliphatic rings. The first-order valence-electron chi connectivity index (χ1n) is 14.9. The summed E-state index contributed by atoms with van der Waals surface area (Å²) in [5.41, 5.74) is 15.1. The van der Waals surface area contributed by atoms with E-state index in [1.165, 1.54) is 19.3 Å². The average Bonchev–Trinajstić information content (AvgIpc) is 3.10. The number of nitriles is 4. The van der Waals surface area contributed by atoms with E-state index in [1.807, 2.05) is 44.2 Å². The minimum atomic E-state index is -0.173. The molecule has 4 aromatic carbocycles. The summed E-state index contributed by atoms with van der Waals surface area (Å²) < 4.78 is 0. The monoisotopic (exact) mass is 640 g/mol. The first-order valence-corrected chi connectivity index (χ1v) is 14.9. The third-order valence-corrected chi connectivity index (χ3v) is 7.54. The van der Waals surface area contributed by atoms with Gasteiger partial charge in [-0.2, -0.15) is 21.0 Å². The van der Waals surface area contributed by atoms with Crippen LogP contribution in [0.2, 0.25) is 0 Å². The number of nitrogens with zero attached hydrogens (tertiary/aromatic N) is 6. The van der Waals surface area contributed by atoms with Crippen molar-refractivity contribution in [2.45, 2.75) is 20.8 Å². The summed E-state index contributed by atoms with van der Waals surface area (Å²) in [5.74, 6) is -0.173. The van der Waals surface area contributed by atoms with E-state index < -0.39 is 0 Å². The number of benzene rings is 4. The Morgan fingerprint density at radius 3 is 1.63 bits per heavy atom. The Balaban J connectivity index is 0.000000192. The molecule has 2 aromatic heterocycles. The predicted molar refractivity (Wildman–Crippen MR) is 190 cm³/mol. The smallest absolute Gasteiger partial charge is 0.221 e. The van der Waals surface area contributed by atoms with Crippen LogP contribution in [-0.2, 0) is 4.79 Å². The topological polar surface area (TPSA) is 200 Å². The molecule has 6 aromatic rings. The van der Waals surface area contributed by atoms with E-state index in [0.717, 1.165) is 27.7 Å². The molecular formula is C38H28N10O. The van der Waals surface area contributed by atoms with E-state index >= 15 is 0 Å². The highest BCUT2D eigenvalue weighted by atomic mass is 16.1. The maximum atomic E-state index is 11.4. The molecule has 0 bridgehead atoms. The zero-order chi connectivity index (χ0) is 35.1. The minimum absolute atomic E-state index is 0.173. The normalized spacial score (nSPS) is 10.0. The second-order valence-electron chi connectivity index (χ2n) is 11.0. The number of nitrogens with two attached hydrogens (primary N) is 1. The molecule has 5 N–H and O–H groups in total. The molecule has 6 rings (SSSR count). The molecule has 49 heavy (non-hydrogen) atoms. The number of fused-ring (bicyclic) bond motifs is 2. The van der Waals surface area contributed by atoms with E-state index in [4.69, 9.17) is 16.3 Å². The summed E-state index contributed by atoms with van der Waals surface area (Å²) >= 11 is 0. The second kappa shape index (κ2) is 14.3. The van der Waals surface area contributed by atoms with Crippen molar-refractivity contribution in [3.63, 3.8) is 0 Å². The molecule has 0 radical (unpaired) electrons.